The van der Waals surface area contributed by atoms with Gasteiger partial charge in [0.05, 0.1) is 6.61 Å². The average Bonchev–Trinajstić information content (AvgIpc) is 2.38. The molecule has 102 valence electrons. The summed E-state index contributed by atoms with van der Waals surface area (Å²) >= 11 is 5.75. The van der Waals surface area contributed by atoms with Gasteiger partial charge in [0.15, 0.2) is 0 Å². The first-order valence-corrected chi connectivity index (χ1v) is 6.31. The number of halogens is 1. The minimum Gasteiger partial charge on any atom is -0.464 e. The van der Waals surface area contributed by atoms with E-state index in [-0.39, 0.29) is 5.91 Å². The van der Waals surface area contributed by atoms with E-state index >= 15 is 0 Å². The number of rotatable bonds is 5. The van der Waals surface area contributed by atoms with Gasteiger partial charge >= 0.3 is 5.97 Å². The van der Waals surface area contributed by atoms with E-state index in [0.717, 1.165) is 5.56 Å². The second kappa shape index (κ2) is 7.59. The van der Waals surface area contributed by atoms with Crippen molar-refractivity contribution >= 4 is 29.6 Å². The third-order valence-electron chi connectivity index (χ3n) is 2.30. The molecule has 1 amide bonds. The summed E-state index contributed by atoms with van der Waals surface area (Å²) in [5.41, 5.74) is 0.850. The van der Waals surface area contributed by atoms with Crippen LogP contribution in [0.15, 0.2) is 30.3 Å². The van der Waals surface area contributed by atoms with Crippen LogP contribution in [0.3, 0.4) is 0 Å². The Kier molecular flexibility index (Phi) is 6.09. The van der Waals surface area contributed by atoms with Crippen LogP contribution in [0.25, 0.3) is 6.08 Å². The molecule has 0 aliphatic carbocycles. The molecule has 0 unspecified atom stereocenters. The number of carbonyl (C=O) groups is 2. The fourth-order valence-electron chi connectivity index (χ4n) is 1.33. The SMILES string of the molecule is CCOC(=O)[C@@H](C)NC(=O)/C=C/c1ccc(Cl)cc1. The predicted octanol–water partition coefficient (Wildman–Crippen LogP) is 2.42. The third kappa shape index (κ3) is 5.57. The largest absolute Gasteiger partial charge is 0.464 e. The first kappa shape index (κ1) is 15.2. The summed E-state index contributed by atoms with van der Waals surface area (Å²) in [5, 5.41) is 3.16. The van der Waals surface area contributed by atoms with Crippen LogP contribution in [0.5, 0.6) is 0 Å². The Balaban J connectivity index is 2.51. The molecular weight excluding hydrogens is 266 g/mol. The van der Waals surface area contributed by atoms with E-state index in [1.807, 2.05) is 0 Å². The summed E-state index contributed by atoms with van der Waals surface area (Å²) in [5.74, 6) is -0.800. The standard InChI is InChI=1S/C14H16ClNO3/c1-3-19-14(18)10(2)16-13(17)9-6-11-4-7-12(15)8-5-11/h4-10H,3H2,1-2H3,(H,16,17)/b9-6+/t10-/m1/s1. The molecular formula is C14H16ClNO3. The van der Waals surface area contributed by atoms with Crippen LogP contribution < -0.4 is 5.32 Å². The van der Waals surface area contributed by atoms with Crippen LogP contribution in [0.1, 0.15) is 19.4 Å². The molecule has 0 fully saturated rings. The van der Waals surface area contributed by atoms with Crippen molar-refractivity contribution in [1.29, 1.82) is 0 Å². The first-order chi connectivity index (χ1) is 9.02. The van der Waals surface area contributed by atoms with Gasteiger partial charge in [-0.3, -0.25) is 4.79 Å². The minimum atomic E-state index is -0.665. The first-order valence-electron chi connectivity index (χ1n) is 5.93. The zero-order valence-corrected chi connectivity index (χ0v) is 11.6. The monoisotopic (exact) mass is 281 g/mol. The highest BCUT2D eigenvalue weighted by Gasteiger charge is 2.14. The van der Waals surface area contributed by atoms with Crippen molar-refractivity contribution in [3.63, 3.8) is 0 Å². The molecule has 1 rings (SSSR count). The van der Waals surface area contributed by atoms with Gasteiger partial charge in [0.2, 0.25) is 5.91 Å². The number of hydrogen-bond acceptors (Lipinski definition) is 3. The van der Waals surface area contributed by atoms with Crippen LogP contribution in [-0.2, 0) is 14.3 Å². The molecule has 4 nitrogen and oxygen atoms in total. The van der Waals surface area contributed by atoms with E-state index in [1.54, 1.807) is 44.2 Å². The Morgan fingerprint density at radius 1 is 1.37 bits per heavy atom. The Labute approximate surface area is 117 Å². The summed E-state index contributed by atoms with van der Waals surface area (Å²) in [6.45, 7) is 3.58. The van der Waals surface area contributed by atoms with Crippen molar-refractivity contribution in [3.05, 3.63) is 40.9 Å². The molecule has 0 heterocycles. The van der Waals surface area contributed by atoms with Crippen molar-refractivity contribution in [3.8, 4) is 0 Å². The van der Waals surface area contributed by atoms with E-state index in [2.05, 4.69) is 5.32 Å². The van der Waals surface area contributed by atoms with Gasteiger partial charge in [-0.15, -0.1) is 0 Å². The smallest absolute Gasteiger partial charge is 0.328 e. The highest BCUT2D eigenvalue weighted by molar-refractivity contribution is 6.30. The maximum Gasteiger partial charge on any atom is 0.328 e. The summed E-state index contributed by atoms with van der Waals surface area (Å²) < 4.78 is 4.79. The lowest BCUT2D eigenvalue weighted by Gasteiger charge is -2.10. The van der Waals surface area contributed by atoms with Gasteiger partial charge in [-0.1, -0.05) is 23.7 Å². The minimum absolute atomic E-state index is 0.291. The third-order valence-corrected chi connectivity index (χ3v) is 2.55. The van der Waals surface area contributed by atoms with E-state index < -0.39 is 12.0 Å². The number of benzene rings is 1. The molecule has 1 aromatic rings. The zero-order valence-electron chi connectivity index (χ0n) is 10.9. The zero-order chi connectivity index (χ0) is 14.3. The van der Waals surface area contributed by atoms with Crippen molar-refractivity contribution in [2.45, 2.75) is 19.9 Å². The molecule has 1 N–H and O–H groups in total. The summed E-state index contributed by atoms with van der Waals surface area (Å²) in [6, 6.07) is 6.39. The van der Waals surface area contributed by atoms with Crippen LogP contribution in [0.4, 0.5) is 0 Å². The lowest BCUT2D eigenvalue weighted by molar-refractivity contribution is -0.146. The highest BCUT2D eigenvalue weighted by atomic mass is 35.5. The number of carbonyl (C=O) groups excluding carboxylic acids is 2. The molecule has 19 heavy (non-hydrogen) atoms. The Hall–Kier alpha value is -1.81. The van der Waals surface area contributed by atoms with Gasteiger partial charge in [0, 0.05) is 11.1 Å². The molecule has 0 spiro atoms. The van der Waals surface area contributed by atoms with E-state index in [4.69, 9.17) is 16.3 Å². The maximum atomic E-state index is 11.6. The van der Waals surface area contributed by atoms with Crippen LogP contribution >= 0.6 is 11.6 Å². The quantitative estimate of drug-likeness (QED) is 0.666. The van der Waals surface area contributed by atoms with Gasteiger partial charge in [0.1, 0.15) is 6.04 Å². The fraction of sp³-hybridized carbons (Fsp3) is 0.286. The van der Waals surface area contributed by atoms with Gasteiger partial charge in [-0.05, 0) is 37.6 Å². The van der Waals surface area contributed by atoms with Gasteiger partial charge in [-0.25, -0.2) is 4.79 Å². The predicted molar refractivity (Wildman–Crippen MR) is 74.7 cm³/mol. The van der Waals surface area contributed by atoms with Crippen LogP contribution in [-0.4, -0.2) is 24.5 Å². The summed E-state index contributed by atoms with van der Waals surface area (Å²) in [6.07, 6.45) is 3.00. The number of ether oxygens (including phenoxy) is 1. The van der Waals surface area contributed by atoms with E-state index in [0.29, 0.717) is 11.6 Å². The van der Waals surface area contributed by atoms with Crippen molar-refractivity contribution in [2.24, 2.45) is 0 Å². The average molecular weight is 282 g/mol. The van der Waals surface area contributed by atoms with Crippen molar-refractivity contribution in [2.75, 3.05) is 6.61 Å². The Bertz CT molecular complexity index is 468. The number of esters is 1. The maximum absolute atomic E-state index is 11.6. The van der Waals surface area contributed by atoms with Crippen LogP contribution in [0, 0.1) is 0 Å². The second-order valence-corrected chi connectivity index (χ2v) is 4.30. The second-order valence-electron chi connectivity index (χ2n) is 3.87. The molecule has 0 radical (unpaired) electrons. The van der Waals surface area contributed by atoms with Gasteiger partial charge < -0.3 is 10.1 Å². The fourth-order valence-corrected chi connectivity index (χ4v) is 1.46. The van der Waals surface area contributed by atoms with Crippen LogP contribution in [0.2, 0.25) is 5.02 Å². The lowest BCUT2D eigenvalue weighted by atomic mass is 10.2. The molecule has 0 saturated carbocycles. The normalized spacial score (nSPS) is 12.2. The lowest BCUT2D eigenvalue weighted by Crippen LogP contribution is -2.38. The number of amides is 1. The molecule has 5 heteroatoms. The molecule has 0 saturated heterocycles. The summed E-state index contributed by atoms with van der Waals surface area (Å²) in [4.78, 5) is 22.9. The van der Waals surface area contributed by atoms with E-state index in [1.165, 1.54) is 6.08 Å². The Morgan fingerprint density at radius 2 is 2.00 bits per heavy atom. The molecule has 1 atom stereocenters. The summed E-state index contributed by atoms with van der Waals surface area (Å²) in [7, 11) is 0. The molecule has 0 bridgehead atoms. The molecule has 1 aromatic carbocycles. The van der Waals surface area contributed by atoms with E-state index in [9.17, 15) is 9.59 Å². The number of nitrogens with one attached hydrogen (secondary N) is 1. The van der Waals surface area contributed by atoms with Gasteiger partial charge in [-0.2, -0.15) is 0 Å². The molecule has 0 aliphatic rings. The topological polar surface area (TPSA) is 55.4 Å². The molecule has 0 aliphatic heterocycles. The Morgan fingerprint density at radius 3 is 2.58 bits per heavy atom. The van der Waals surface area contributed by atoms with Crippen molar-refractivity contribution < 1.29 is 14.3 Å². The van der Waals surface area contributed by atoms with Crippen molar-refractivity contribution in [1.82, 2.24) is 5.32 Å². The van der Waals surface area contributed by atoms with Gasteiger partial charge in [0.25, 0.3) is 0 Å². The number of hydrogen-bond donors (Lipinski definition) is 1. The molecule has 0 aromatic heterocycles. The highest BCUT2D eigenvalue weighted by Crippen LogP contribution is 2.10.